The molecule has 7 heteroatoms. The summed E-state index contributed by atoms with van der Waals surface area (Å²) >= 11 is 3.46. The first-order valence-electron chi connectivity index (χ1n) is 9.64. The average Bonchev–Trinajstić information content (AvgIpc) is 3.13. The molecule has 2 heterocycles. The minimum atomic E-state index is -0.709. The molecule has 2 aromatic carbocycles. The van der Waals surface area contributed by atoms with Gasteiger partial charge in [-0.25, -0.2) is 0 Å². The molecule has 1 N–H and O–H groups in total. The van der Waals surface area contributed by atoms with Crippen molar-refractivity contribution < 1.29 is 9.59 Å². The van der Waals surface area contributed by atoms with Gasteiger partial charge in [-0.15, -0.1) is 0 Å². The van der Waals surface area contributed by atoms with E-state index in [9.17, 15) is 14.4 Å². The van der Waals surface area contributed by atoms with Crippen LogP contribution in [0.2, 0.25) is 0 Å². The number of anilines is 2. The summed E-state index contributed by atoms with van der Waals surface area (Å²) in [5.74, 6) is -1.21. The van der Waals surface area contributed by atoms with Crippen molar-refractivity contribution in [1.82, 2.24) is 4.57 Å². The van der Waals surface area contributed by atoms with Gasteiger partial charge in [0.2, 0.25) is 11.8 Å². The highest BCUT2D eigenvalue weighted by Gasteiger charge is 2.38. The highest BCUT2D eigenvalue weighted by atomic mass is 79.9. The largest absolute Gasteiger partial charge is 0.325 e. The molecule has 1 fully saturated rings. The zero-order chi connectivity index (χ0) is 21.1. The van der Waals surface area contributed by atoms with Crippen molar-refractivity contribution in [2.75, 3.05) is 16.8 Å². The first-order chi connectivity index (χ1) is 14.5. The van der Waals surface area contributed by atoms with Crippen LogP contribution in [-0.4, -0.2) is 22.9 Å². The van der Waals surface area contributed by atoms with E-state index in [1.165, 1.54) is 6.07 Å². The number of carbonyl (C=O) groups excluding carboxylic acids is 2. The molecule has 4 rings (SSSR count). The third-order valence-corrected chi connectivity index (χ3v) is 5.81. The van der Waals surface area contributed by atoms with E-state index in [0.717, 1.165) is 15.7 Å². The number of para-hydroxylation sites is 1. The predicted octanol–water partition coefficient (Wildman–Crippen LogP) is 3.65. The molecule has 6 nitrogen and oxygen atoms in total. The van der Waals surface area contributed by atoms with Crippen LogP contribution in [0.3, 0.4) is 0 Å². The van der Waals surface area contributed by atoms with E-state index in [4.69, 9.17) is 0 Å². The van der Waals surface area contributed by atoms with E-state index in [2.05, 4.69) is 21.2 Å². The summed E-state index contributed by atoms with van der Waals surface area (Å²) in [5.41, 5.74) is 2.28. The Morgan fingerprint density at radius 2 is 1.73 bits per heavy atom. The summed E-state index contributed by atoms with van der Waals surface area (Å²) in [7, 11) is 0. The van der Waals surface area contributed by atoms with Crippen LogP contribution >= 0.6 is 15.9 Å². The highest BCUT2D eigenvalue weighted by molar-refractivity contribution is 9.10. The lowest BCUT2D eigenvalue weighted by Gasteiger charge is -2.18. The molecule has 0 bridgehead atoms. The molecule has 0 saturated carbocycles. The van der Waals surface area contributed by atoms with Gasteiger partial charge < -0.3 is 14.8 Å². The smallest absolute Gasteiger partial charge is 0.250 e. The second-order valence-electron chi connectivity index (χ2n) is 7.14. The molecule has 1 atom stereocenters. The van der Waals surface area contributed by atoms with Gasteiger partial charge in [0.15, 0.2) is 0 Å². The normalized spacial score (nSPS) is 16.0. The van der Waals surface area contributed by atoms with Crippen molar-refractivity contribution >= 4 is 39.1 Å². The lowest BCUT2D eigenvalue weighted by Crippen LogP contribution is -2.33. The van der Waals surface area contributed by atoms with Crippen molar-refractivity contribution in [2.24, 2.45) is 5.92 Å². The zero-order valence-electron chi connectivity index (χ0n) is 16.1. The summed E-state index contributed by atoms with van der Waals surface area (Å²) in [6, 6.07) is 19.8. The van der Waals surface area contributed by atoms with Gasteiger partial charge in [-0.05, 0) is 58.2 Å². The maximum Gasteiger partial charge on any atom is 0.250 e. The number of aromatic nitrogens is 1. The van der Waals surface area contributed by atoms with E-state index >= 15 is 0 Å². The summed E-state index contributed by atoms with van der Waals surface area (Å²) in [5, 5.41) is 2.84. The summed E-state index contributed by atoms with van der Waals surface area (Å²) < 4.78 is 2.44. The Morgan fingerprint density at radius 3 is 2.47 bits per heavy atom. The van der Waals surface area contributed by atoms with Gasteiger partial charge in [0.1, 0.15) is 5.92 Å². The van der Waals surface area contributed by atoms with Crippen molar-refractivity contribution in [3.05, 3.63) is 93.3 Å². The second kappa shape index (κ2) is 8.67. The monoisotopic (exact) mass is 465 g/mol. The molecule has 152 valence electrons. The molecule has 0 aliphatic carbocycles. The Balaban J connectivity index is 1.40. The number of carbonyl (C=O) groups is 2. The maximum atomic E-state index is 12.8. The summed E-state index contributed by atoms with van der Waals surface area (Å²) in [4.78, 5) is 39.0. The number of nitrogens with one attached hydrogen (secondary N) is 1. The van der Waals surface area contributed by atoms with E-state index < -0.39 is 5.92 Å². The first kappa shape index (κ1) is 20.1. The Morgan fingerprint density at radius 1 is 1.00 bits per heavy atom. The fourth-order valence-electron chi connectivity index (χ4n) is 3.54. The number of halogens is 1. The zero-order valence-corrected chi connectivity index (χ0v) is 17.7. The van der Waals surface area contributed by atoms with Crippen molar-refractivity contribution in [2.45, 2.75) is 13.0 Å². The number of amides is 2. The number of benzene rings is 2. The molecule has 0 radical (unpaired) electrons. The Bertz CT molecular complexity index is 1140. The predicted molar refractivity (Wildman–Crippen MR) is 119 cm³/mol. The van der Waals surface area contributed by atoms with Crippen LogP contribution in [0.25, 0.3) is 0 Å². The fraction of sp³-hybridized carbons (Fsp3) is 0.174. The molecule has 1 saturated heterocycles. The van der Waals surface area contributed by atoms with Crippen LogP contribution in [0.5, 0.6) is 0 Å². The average molecular weight is 466 g/mol. The number of nitrogens with zero attached hydrogens (tertiary/aromatic N) is 2. The molecule has 1 aliphatic rings. The lowest BCUT2D eigenvalue weighted by atomic mass is 10.1. The van der Waals surface area contributed by atoms with Gasteiger partial charge >= 0.3 is 0 Å². The minimum Gasteiger partial charge on any atom is -0.325 e. The van der Waals surface area contributed by atoms with Crippen LogP contribution in [0.4, 0.5) is 11.4 Å². The Kier molecular flexibility index (Phi) is 5.81. The third-order valence-electron chi connectivity index (χ3n) is 5.14. The van der Waals surface area contributed by atoms with Crippen molar-refractivity contribution in [3.63, 3.8) is 0 Å². The molecule has 1 aromatic heterocycles. The Labute approximate surface area is 182 Å². The van der Waals surface area contributed by atoms with Gasteiger partial charge in [0.25, 0.3) is 5.56 Å². The summed E-state index contributed by atoms with van der Waals surface area (Å²) in [6.07, 6.45) is 2.21. The highest BCUT2D eigenvalue weighted by Crippen LogP contribution is 2.31. The van der Waals surface area contributed by atoms with Gasteiger partial charge in [-0.2, -0.15) is 0 Å². The first-order valence-corrected chi connectivity index (χ1v) is 10.4. The van der Waals surface area contributed by atoms with Gasteiger partial charge in [0, 0.05) is 29.0 Å². The molecule has 0 spiro atoms. The van der Waals surface area contributed by atoms with Crippen LogP contribution in [-0.2, 0) is 16.1 Å². The van der Waals surface area contributed by atoms with Crippen molar-refractivity contribution in [1.29, 1.82) is 0 Å². The van der Waals surface area contributed by atoms with Crippen molar-refractivity contribution in [3.8, 4) is 0 Å². The van der Waals surface area contributed by atoms with E-state index in [1.807, 2.05) is 42.5 Å². The molecule has 2 amide bonds. The van der Waals surface area contributed by atoms with Crippen LogP contribution < -0.4 is 15.8 Å². The third kappa shape index (κ3) is 4.21. The topological polar surface area (TPSA) is 71.4 Å². The molecule has 1 aliphatic heterocycles. The van der Waals surface area contributed by atoms with Crippen LogP contribution in [0.1, 0.15) is 12.0 Å². The number of rotatable bonds is 5. The number of hydrogen-bond donors (Lipinski definition) is 1. The minimum absolute atomic E-state index is 0.0655. The van der Waals surface area contributed by atoms with Gasteiger partial charge in [-0.1, -0.05) is 30.3 Å². The van der Waals surface area contributed by atoms with E-state index in [-0.39, 0.29) is 17.4 Å². The standard InChI is InChI=1S/C23H20BrN3O3/c24-19-5-1-2-6-20(19)27-14-12-18(23(27)30)22(29)25-17-10-8-16(9-11-17)15-26-13-4-3-7-21(26)28/h1-11,13,18H,12,14-15H2,(H,25,29). The quantitative estimate of drug-likeness (QED) is 0.584. The molecule has 30 heavy (non-hydrogen) atoms. The maximum absolute atomic E-state index is 12.8. The number of hydrogen-bond acceptors (Lipinski definition) is 3. The van der Waals surface area contributed by atoms with E-state index in [1.54, 1.807) is 33.9 Å². The lowest BCUT2D eigenvalue weighted by molar-refractivity contribution is -0.129. The van der Waals surface area contributed by atoms with Crippen LogP contribution in [0, 0.1) is 5.92 Å². The molecule has 1 unspecified atom stereocenters. The van der Waals surface area contributed by atoms with Gasteiger partial charge in [-0.3, -0.25) is 14.4 Å². The fourth-order valence-corrected chi connectivity index (χ4v) is 4.04. The van der Waals surface area contributed by atoms with Gasteiger partial charge in [0.05, 0.1) is 12.2 Å². The number of pyridine rings is 1. The molecule has 3 aromatic rings. The van der Waals surface area contributed by atoms with Crippen LogP contribution in [0.15, 0.2) is 82.2 Å². The summed E-state index contributed by atoms with van der Waals surface area (Å²) in [6.45, 7) is 0.959. The SMILES string of the molecule is O=C(Nc1ccc(Cn2ccccc2=O)cc1)C1CCN(c2ccccc2Br)C1=O. The second-order valence-corrected chi connectivity index (χ2v) is 7.99. The molecular weight excluding hydrogens is 446 g/mol. The Hall–Kier alpha value is -3.19. The molecular formula is C23H20BrN3O3. The van der Waals surface area contributed by atoms with E-state index in [0.29, 0.717) is 25.2 Å².